The van der Waals surface area contributed by atoms with E-state index in [4.69, 9.17) is 9.84 Å². The van der Waals surface area contributed by atoms with Gasteiger partial charge >= 0.3 is 5.97 Å². The van der Waals surface area contributed by atoms with Crippen molar-refractivity contribution >= 4 is 11.9 Å². The van der Waals surface area contributed by atoms with Gasteiger partial charge in [-0.3, -0.25) is 4.79 Å². The van der Waals surface area contributed by atoms with Gasteiger partial charge in [0.2, 0.25) is 5.91 Å². The molecular weight excluding hydrogens is 318 g/mol. The van der Waals surface area contributed by atoms with Crippen LogP contribution in [0.25, 0.3) is 0 Å². The van der Waals surface area contributed by atoms with Crippen molar-refractivity contribution in [3.8, 4) is 5.75 Å². The molecule has 0 aromatic heterocycles. The molecule has 1 saturated carbocycles. The maximum Gasteiger partial charge on any atom is 0.335 e. The Bertz CT molecular complexity index is 751. The molecule has 25 heavy (non-hydrogen) atoms. The lowest BCUT2D eigenvalue weighted by atomic mass is 9.96. The van der Waals surface area contributed by atoms with Crippen molar-refractivity contribution in [2.75, 3.05) is 0 Å². The predicted molar refractivity (Wildman–Crippen MR) is 93.7 cm³/mol. The fourth-order valence-electron chi connectivity index (χ4n) is 2.64. The highest BCUT2D eigenvalue weighted by Gasteiger charge is 2.20. The van der Waals surface area contributed by atoms with Gasteiger partial charge in [0.1, 0.15) is 5.75 Å². The molecule has 0 unspecified atom stereocenters. The molecule has 5 heteroatoms. The quantitative estimate of drug-likeness (QED) is 0.812. The number of para-hydroxylation sites is 1. The molecule has 0 atom stereocenters. The van der Waals surface area contributed by atoms with E-state index < -0.39 is 5.97 Å². The van der Waals surface area contributed by atoms with Gasteiger partial charge in [-0.15, -0.1) is 0 Å². The minimum Gasteiger partial charge on any atom is -0.490 e. The van der Waals surface area contributed by atoms with Gasteiger partial charge in [0.05, 0.1) is 18.1 Å². The summed E-state index contributed by atoms with van der Waals surface area (Å²) in [5, 5.41) is 11.8. The van der Waals surface area contributed by atoms with Gasteiger partial charge in [-0.2, -0.15) is 0 Å². The largest absolute Gasteiger partial charge is 0.490 e. The van der Waals surface area contributed by atoms with Crippen LogP contribution in [0.5, 0.6) is 5.75 Å². The Hall–Kier alpha value is -2.82. The third-order valence-corrected chi connectivity index (χ3v) is 4.36. The summed E-state index contributed by atoms with van der Waals surface area (Å²) < 4.78 is 5.96. The first-order valence-corrected chi connectivity index (χ1v) is 8.45. The first-order valence-electron chi connectivity index (χ1n) is 8.45. The van der Waals surface area contributed by atoms with E-state index in [0.717, 1.165) is 29.7 Å². The van der Waals surface area contributed by atoms with Gasteiger partial charge in [0.25, 0.3) is 0 Å². The normalized spacial score (nSPS) is 13.8. The Morgan fingerprint density at radius 1 is 1.08 bits per heavy atom. The molecule has 0 heterocycles. The molecule has 0 radical (unpaired) electrons. The van der Waals surface area contributed by atoms with Crippen molar-refractivity contribution in [3.63, 3.8) is 0 Å². The molecule has 2 aromatic rings. The summed E-state index contributed by atoms with van der Waals surface area (Å²) in [6, 6.07) is 14.1. The molecule has 0 bridgehead atoms. The molecule has 0 saturated heterocycles. The van der Waals surface area contributed by atoms with E-state index in [0.29, 0.717) is 12.6 Å². The van der Waals surface area contributed by atoms with Crippen LogP contribution in [-0.2, 0) is 17.8 Å². The molecule has 1 amide bonds. The van der Waals surface area contributed by atoms with Crippen LogP contribution < -0.4 is 10.1 Å². The lowest BCUT2D eigenvalue weighted by Crippen LogP contribution is -2.27. The number of aromatic carboxylic acids is 1. The number of ether oxygens (including phenoxy) is 1. The van der Waals surface area contributed by atoms with E-state index >= 15 is 0 Å². The number of hydrogen-bond donors (Lipinski definition) is 2. The zero-order chi connectivity index (χ0) is 17.6. The number of carbonyl (C=O) groups excluding carboxylic acids is 1. The molecule has 2 aromatic carbocycles. The zero-order valence-corrected chi connectivity index (χ0v) is 13.9. The molecular formula is C20H21NO4. The van der Waals surface area contributed by atoms with E-state index in [1.54, 1.807) is 12.1 Å². The molecule has 0 spiro atoms. The zero-order valence-electron chi connectivity index (χ0n) is 13.9. The smallest absolute Gasteiger partial charge is 0.335 e. The van der Waals surface area contributed by atoms with Gasteiger partial charge in [0, 0.05) is 12.1 Å². The summed E-state index contributed by atoms with van der Waals surface area (Å²) in [6.07, 6.45) is 3.90. The number of rotatable bonds is 7. The highest BCUT2D eigenvalue weighted by atomic mass is 16.5. The van der Waals surface area contributed by atoms with Crippen molar-refractivity contribution in [3.05, 3.63) is 65.2 Å². The molecule has 3 rings (SSSR count). The lowest BCUT2D eigenvalue weighted by molar-refractivity contribution is -0.120. The molecule has 130 valence electrons. The van der Waals surface area contributed by atoms with Crippen molar-refractivity contribution in [2.24, 2.45) is 0 Å². The number of benzene rings is 2. The Balaban J connectivity index is 1.54. The van der Waals surface area contributed by atoms with Crippen molar-refractivity contribution < 1.29 is 19.4 Å². The third kappa shape index (κ3) is 4.59. The third-order valence-electron chi connectivity index (χ3n) is 4.36. The maximum absolute atomic E-state index is 12.1. The van der Waals surface area contributed by atoms with Crippen LogP contribution in [0.3, 0.4) is 0 Å². The number of amides is 1. The van der Waals surface area contributed by atoms with E-state index in [-0.39, 0.29) is 17.9 Å². The van der Waals surface area contributed by atoms with Gasteiger partial charge in [-0.25, -0.2) is 4.79 Å². The summed E-state index contributed by atoms with van der Waals surface area (Å²) in [4.78, 5) is 23.0. The summed E-state index contributed by atoms with van der Waals surface area (Å²) in [5.74, 6) is -0.251. The van der Waals surface area contributed by atoms with Crippen LogP contribution in [0.4, 0.5) is 0 Å². The Labute approximate surface area is 146 Å². The molecule has 0 aliphatic heterocycles. The monoisotopic (exact) mass is 339 g/mol. The lowest BCUT2D eigenvalue weighted by Gasteiger charge is -2.27. The van der Waals surface area contributed by atoms with E-state index in [1.807, 2.05) is 24.3 Å². The Kier molecular flexibility index (Phi) is 5.33. The molecule has 2 N–H and O–H groups in total. The number of carboxylic acids is 1. The minimum absolute atomic E-state index is 0.110. The first-order chi connectivity index (χ1) is 12.1. The van der Waals surface area contributed by atoms with Crippen molar-refractivity contribution in [2.45, 2.75) is 38.3 Å². The minimum atomic E-state index is -0.973. The number of carbonyl (C=O) groups is 2. The van der Waals surface area contributed by atoms with E-state index in [2.05, 4.69) is 5.32 Å². The standard InChI is InChI=1S/C20H21NO4/c22-19(12-14-8-10-15(11-9-14)20(23)24)21-13-16-4-1-2-7-18(16)25-17-5-3-6-17/h1-2,4,7-11,17H,3,5-6,12-13H2,(H,21,22)(H,23,24). The Morgan fingerprint density at radius 3 is 2.44 bits per heavy atom. The van der Waals surface area contributed by atoms with Gasteiger partial charge in [-0.1, -0.05) is 30.3 Å². The van der Waals surface area contributed by atoms with Gasteiger partial charge in [-0.05, 0) is 43.0 Å². The van der Waals surface area contributed by atoms with Crippen LogP contribution in [0.2, 0.25) is 0 Å². The topological polar surface area (TPSA) is 75.6 Å². The Morgan fingerprint density at radius 2 is 1.80 bits per heavy atom. The van der Waals surface area contributed by atoms with Crippen molar-refractivity contribution in [1.29, 1.82) is 0 Å². The number of carboxylic acid groups (broad SMARTS) is 1. The second-order valence-electron chi connectivity index (χ2n) is 6.23. The first kappa shape index (κ1) is 17.0. The van der Waals surface area contributed by atoms with Crippen LogP contribution >= 0.6 is 0 Å². The fourth-order valence-corrected chi connectivity index (χ4v) is 2.64. The molecule has 1 aliphatic rings. The predicted octanol–water partition coefficient (Wildman–Crippen LogP) is 3.18. The van der Waals surface area contributed by atoms with Gasteiger partial charge in [0.15, 0.2) is 0 Å². The van der Waals surface area contributed by atoms with Crippen LogP contribution in [0.15, 0.2) is 48.5 Å². The van der Waals surface area contributed by atoms with Gasteiger partial charge < -0.3 is 15.2 Å². The molecule has 5 nitrogen and oxygen atoms in total. The highest BCUT2D eigenvalue weighted by molar-refractivity contribution is 5.87. The SMILES string of the molecule is O=C(Cc1ccc(C(=O)O)cc1)NCc1ccccc1OC1CCC1. The van der Waals surface area contributed by atoms with E-state index in [1.165, 1.54) is 18.6 Å². The second-order valence-corrected chi connectivity index (χ2v) is 6.23. The fraction of sp³-hybridized carbons (Fsp3) is 0.300. The van der Waals surface area contributed by atoms with Crippen LogP contribution in [-0.4, -0.2) is 23.1 Å². The summed E-state index contributed by atoms with van der Waals surface area (Å²) in [5.41, 5.74) is 1.96. The average molecular weight is 339 g/mol. The highest BCUT2D eigenvalue weighted by Crippen LogP contribution is 2.27. The molecule has 1 fully saturated rings. The molecule has 1 aliphatic carbocycles. The van der Waals surface area contributed by atoms with Crippen LogP contribution in [0.1, 0.15) is 40.7 Å². The number of hydrogen-bond acceptors (Lipinski definition) is 3. The summed E-state index contributed by atoms with van der Waals surface area (Å²) in [6.45, 7) is 0.412. The van der Waals surface area contributed by atoms with Crippen molar-refractivity contribution in [1.82, 2.24) is 5.32 Å². The maximum atomic E-state index is 12.1. The average Bonchev–Trinajstić information content (AvgIpc) is 2.57. The second kappa shape index (κ2) is 7.83. The number of nitrogens with one attached hydrogen (secondary N) is 1. The summed E-state index contributed by atoms with van der Waals surface area (Å²) >= 11 is 0. The van der Waals surface area contributed by atoms with E-state index in [9.17, 15) is 9.59 Å². The van der Waals surface area contributed by atoms with Crippen LogP contribution in [0, 0.1) is 0 Å². The summed E-state index contributed by atoms with van der Waals surface area (Å²) in [7, 11) is 0.